The van der Waals surface area contributed by atoms with Gasteiger partial charge in [-0.25, -0.2) is 14.4 Å². The Morgan fingerprint density at radius 1 is 1.35 bits per heavy atom. The molecule has 6 heteroatoms. The van der Waals surface area contributed by atoms with Crippen molar-refractivity contribution in [3.63, 3.8) is 0 Å². The molecule has 1 aliphatic rings. The maximum absolute atomic E-state index is 13.3. The first kappa shape index (κ1) is 13.1. The average molecular weight is 293 g/mol. The van der Waals surface area contributed by atoms with E-state index >= 15 is 0 Å². The second kappa shape index (κ2) is 4.90. The fraction of sp³-hybridized carbons (Fsp3) is 0.286. The zero-order chi connectivity index (χ0) is 14.3. The number of hydrogen-bond donors (Lipinski definition) is 2. The number of aromatic nitrogens is 2. The summed E-state index contributed by atoms with van der Waals surface area (Å²) in [5.74, 6) is 1.78. The van der Waals surface area contributed by atoms with E-state index < -0.39 is 0 Å². The van der Waals surface area contributed by atoms with E-state index in [9.17, 15) is 4.39 Å². The van der Waals surface area contributed by atoms with Crippen LogP contribution in [0.1, 0.15) is 30.1 Å². The molecule has 0 unspecified atom stereocenters. The second-order valence-corrected chi connectivity index (χ2v) is 5.37. The summed E-state index contributed by atoms with van der Waals surface area (Å²) < 4.78 is 13.3. The van der Waals surface area contributed by atoms with Gasteiger partial charge >= 0.3 is 0 Å². The predicted octanol–water partition coefficient (Wildman–Crippen LogP) is 3.78. The van der Waals surface area contributed by atoms with Crippen molar-refractivity contribution < 1.29 is 4.39 Å². The largest absolute Gasteiger partial charge is 0.383 e. The molecule has 0 spiro atoms. The molecular formula is C14H14ClFN4. The van der Waals surface area contributed by atoms with Crippen molar-refractivity contribution in [2.24, 2.45) is 0 Å². The molecule has 0 amide bonds. The van der Waals surface area contributed by atoms with Crippen LogP contribution in [0.15, 0.2) is 18.2 Å². The van der Waals surface area contributed by atoms with Crippen molar-refractivity contribution in [2.45, 2.75) is 25.7 Å². The van der Waals surface area contributed by atoms with Crippen LogP contribution in [-0.4, -0.2) is 9.97 Å². The Bertz CT molecular complexity index is 670. The van der Waals surface area contributed by atoms with E-state index in [4.69, 9.17) is 17.3 Å². The molecule has 0 atom stereocenters. The topological polar surface area (TPSA) is 63.8 Å². The molecule has 20 heavy (non-hydrogen) atoms. The molecule has 0 aliphatic heterocycles. The van der Waals surface area contributed by atoms with Gasteiger partial charge in [-0.1, -0.05) is 11.6 Å². The standard InChI is InChI=1S/C14H14ClFN4/c1-7-12(17)19-14(8-2-3-8)20-13(7)18-11-6-9(16)4-5-10(11)15/h4-6,8H,2-3H2,1H3,(H3,17,18,19,20). The molecule has 1 fully saturated rings. The van der Waals surface area contributed by atoms with E-state index in [-0.39, 0.29) is 5.82 Å². The number of rotatable bonds is 3. The highest BCUT2D eigenvalue weighted by Gasteiger charge is 2.28. The third kappa shape index (κ3) is 2.54. The summed E-state index contributed by atoms with van der Waals surface area (Å²) in [4.78, 5) is 8.77. The molecule has 1 heterocycles. The molecule has 2 aromatic rings. The molecule has 3 rings (SSSR count). The number of nitrogens with one attached hydrogen (secondary N) is 1. The van der Waals surface area contributed by atoms with Gasteiger partial charge in [-0.15, -0.1) is 0 Å². The van der Waals surface area contributed by atoms with Gasteiger partial charge in [0.15, 0.2) is 0 Å². The maximum atomic E-state index is 13.3. The first-order valence-electron chi connectivity index (χ1n) is 6.40. The summed E-state index contributed by atoms with van der Waals surface area (Å²) >= 11 is 6.05. The van der Waals surface area contributed by atoms with Crippen molar-refractivity contribution >= 4 is 28.9 Å². The normalized spacial score (nSPS) is 14.3. The monoisotopic (exact) mass is 292 g/mol. The molecule has 1 aromatic carbocycles. The summed E-state index contributed by atoms with van der Waals surface area (Å²) in [5.41, 5.74) is 7.11. The molecule has 104 valence electrons. The number of anilines is 3. The van der Waals surface area contributed by atoms with Gasteiger partial charge in [0.2, 0.25) is 0 Å². The Labute approximate surface area is 121 Å². The van der Waals surface area contributed by atoms with Gasteiger partial charge in [0.05, 0.1) is 10.7 Å². The molecule has 0 bridgehead atoms. The number of nitrogen functional groups attached to an aromatic ring is 1. The number of hydrogen-bond acceptors (Lipinski definition) is 4. The Morgan fingerprint density at radius 2 is 2.10 bits per heavy atom. The summed E-state index contributed by atoms with van der Waals surface area (Å²) in [7, 11) is 0. The van der Waals surface area contributed by atoms with Crippen LogP contribution in [0.3, 0.4) is 0 Å². The lowest BCUT2D eigenvalue weighted by molar-refractivity contribution is 0.628. The van der Waals surface area contributed by atoms with Crippen LogP contribution in [0.25, 0.3) is 0 Å². The van der Waals surface area contributed by atoms with Gasteiger partial charge in [-0.05, 0) is 38.0 Å². The van der Waals surface area contributed by atoms with Crippen LogP contribution in [0.2, 0.25) is 5.02 Å². The van der Waals surface area contributed by atoms with Crippen LogP contribution in [0, 0.1) is 12.7 Å². The summed E-state index contributed by atoms with van der Waals surface area (Å²) in [5, 5.41) is 3.47. The molecule has 1 aromatic heterocycles. The SMILES string of the molecule is Cc1c(N)nc(C2CC2)nc1Nc1cc(F)ccc1Cl. The lowest BCUT2D eigenvalue weighted by Crippen LogP contribution is -2.06. The zero-order valence-corrected chi connectivity index (χ0v) is 11.7. The van der Waals surface area contributed by atoms with Gasteiger partial charge in [-0.3, -0.25) is 0 Å². The van der Waals surface area contributed by atoms with E-state index in [1.165, 1.54) is 18.2 Å². The smallest absolute Gasteiger partial charge is 0.139 e. The predicted molar refractivity (Wildman–Crippen MR) is 77.8 cm³/mol. The lowest BCUT2D eigenvalue weighted by atomic mass is 10.2. The van der Waals surface area contributed by atoms with Crippen molar-refractivity contribution in [3.8, 4) is 0 Å². The molecule has 0 saturated heterocycles. The van der Waals surface area contributed by atoms with Crippen molar-refractivity contribution in [3.05, 3.63) is 40.4 Å². The van der Waals surface area contributed by atoms with E-state index in [2.05, 4.69) is 15.3 Å². The third-order valence-corrected chi connectivity index (χ3v) is 3.65. The summed E-state index contributed by atoms with van der Waals surface area (Å²) in [6.07, 6.45) is 2.17. The van der Waals surface area contributed by atoms with Gasteiger partial charge in [-0.2, -0.15) is 0 Å². The first-order chi connectivity index (χ1) is 9.54. The lowest BCUT2D eigenvalue weighted by Gasteiger charge is -2.13. The highest BCUT2D eigenvalue weighted by Crippen LogP contribution is 2.39. The Balaban J connectivity index is 1.99. The zero-order valence-electron chi connectivity index (χ0n) is 11.0. The number of nitrogens with zero attached hydrogens (tertiary/aromatic N) is 2. The van der Waals surface area contributed by atoms with Crippen molar-refractivity contribution in [2.75, 3.05) is 11.1 Å². The molecule has 3 N–H and O–H groups in total. The average Bonchev–Trinajstić information content (AvgIpc) is 3.23. The molecule has 1 saturated carbocycles. The Hall–Kier alpha value is -1.88. The number of nitrogens with two attached hydrogens (primary N) is 1. The molecule has 0 radical (unpaired) electrons. The summed E-state index contributed by atoms with van der Waals surface area (Å²) in [6, 6.07) is 4.14. The molecular weight excluding hydrogens is 279 g/mol. The maximum Gasteiger partial charge on any atom is 0.139 e. The fourth-order valence-corrected chi connectivity index (χ4v) is 2.08. The minimum absolute atomic E-state index is 0.362. The minimum Gasteiger partial charge on any atom is -0.383 e. The van der Waals surface area contributed by atoms with Crippen LogP contribution in [0.5, 0.6) is 0 Å². The van der Waals surface area contributed by atoms with Crippen LogP contribution >= 0.6 is 11.6 Å². The van der Waals surface area contributed by atoms with Crippen molar-refractivity contribution in [1.82, 2.24) is 9.97 Å². The third-order valence-electron chi connectivity index (χ3n) is 3.32. The minimum atomic E-state index is -0.362. The molecule has 1 aliphatic carbocycles. The van der Waals surface area contributed by atoms with E-state index in [1.54, 1.807) is 0 Å². The van der Waals surface area contributed by atoms with E-state index in [0.717, 1.165) is 24.2 Å². The van der Waals surface area contributed by atoms with Gasteiger partial charge in [0.25, 0.3) is 0 Å². The van der Waals surface area contributed by atoms with E-state index in [0.29, 0.717) is 28.3 Å². The van der Waals surface area contributed by atoms with Crippen molar-refractivity contribution in [1.29, 1.82) is 0 Å². The quantitative estimate of drug-likeness (QED) is 0.903. The van der Waals surface area contributed by atoms with Crippen LogP contribution < -0.4 is 11.1 Å². The Kier molecular flexibility index (Phi) is 3.22. The number of halogens is 2. The van der Waals surface area contributed by atoms with Gasteiger partial charge in [0, 0.05) is 11.5 Å². The Morgan fingerprint density at radius 3 is 2.80 bits per heavy atom. The second-order valence-electron chi connectivity index (χ2n) is 4.96. The van der Waals surface area contributed by atoms with Gasteiger partial charge < -0.3 is 11.1 Å². The van der Waals surface area contributed by atoms with Crippen LogP contribution in [-0.2, 0) is 0 Å². The van der Waals surface area contributed by atoms with E-state index in [1.807, 2.05) is 6.92 Å². The number of benzene rings is 1. The fourth-order valence-electron chi connectivity index (χ4n) is 1.92. The first-order valence-corrected chi connectivity index (χ1v) is 6.78. The van der Waals surface area contributed by atoms with Crippen LogP contribution in [0.4, 0.5) is 21.7 Å². The van der Waals surface area contributed by atoms with Gasteiger partial charge in [0.1, 0.15) is 23.3 Å². The highest BCUT2D eigenvalue weighted by atomic mass is 35.5. The summed E-state index contributed by atoms with van der Waals surface area (Å²) in [6.45, 7) is 1.82. The highest BCUT2D eigenvalue weighted by molar-refractivity contribution is 6.33. The molecule has 4 nitrogen and oxygen atoms in total.